The lowest BCUT2D eigenvalue weighted by Gasteiger charge is -2.32. The maximum atomic E-state index is 9.50. The number of hydrogen-bond acceptors (Lipinski definition) is 4. The van der Waals surface area contributed by atoms with E-state index >= 15 is 0 Å². The third-order valence-corrected chi connectivity index (χ3v) is 5.10. The second-order valence-electron chi connectivity index (χ2n) is 6.86. The Morgan fingerprint density at radius 2 is 1.96 bits per heavy atom. The molecule has 0 bridgehead atoms. The molecule has 1 aromatic carbocycles. The minimum absolute atomic E-state index is 0.151. The summed E-state index contributed by atoms with van der Waals surface area (Å²) in [5.74, 6) is 1.08. The molecule has 2 N–H and O–H groups in total. The van der Waals surface area contributed by atoms with Crippen LogP contribution in [-0.4, -0.2) is 31.9 Å². The molecule has 0 amide bonds. The number of aromatic nitrogens is 3. The second kappa shape index (κ2) is 6.32. The largest absolute Gasteiger partial charge is 0.393 e. The van der Waals surface area contributed by atoms with Gasteiger partial charge in [-0.3, -0.25) is 0 Å². The summed E-state index contributed by atoms with van der Waals surface area (Å²) in [4.78, 5) is 4.60. The van der Waals surface area contributed by atoms with Crippen molar-refractivity contribution in [3.8, 4) is 0 Å². The highest BCUT2D eigenvalue weighted by Gasteiger charge is 2.27. The number of fused-ring (bicyclic) bond motifs is 1. The smallest absolute Gasteiger partial charge is 0.157 e. The molecule has 4 rings (SSSR count). The van der Waals surface area contributed by atoms with Gasteiger partial charge in [0.15, 0.2) is 5.65 Å². The van der Waals surface area contributed by atoms with E-state index < -0.39 is 0 Å². The summed E-state index contributed by atoms with van der Waals surface area (Å²) in [6.07, 6.45) is 1.37. The van der Waals surface area contributed by atoms with Gasteiger partial charge < -0.3 is 10.4 Å². The molecule has 1 aliphatic rings. The zero-order valence-electron chi connectivity index (χ0n) is 14.3. The van der Waals surface area contributed by atoms with Gasteiger partial charge in [-0.2, -0.15) is 9.61 Å². The minimum Gasteiger partial charge on any atom is -0.393 e. The Kier molecular flexibility index (Phi) is 4.13. The molecule has 0 radical (unpaired) electrons. The van der Waals surface area contributed by atoms with Gasteiger partial charge in [-0.1, -0.05) is 30.7 Å². The summed E-state index contributed by atoms with van der Waals surface area (Å²) < 4.78 is 1.86. The van der Waals surface area contributed by atoms with Crippen LogP contribution in [0.1, 0.15) is 42.6 Å². The molecule has 1 aliphatic carbocycles. The van der Waals surface area contributed by atoms with E-state index in [0.29, 0.717) is 6.04 Å². The van der Waals surface area contributed by atoms with Crippen molar-refractivity contribution in [3.05, 3.63) is 58.4 Å². The molecule has 25 heavy (non-hydrogen) atoms. The second-order valence-corrected chi connectivity index (χ2v) is 7.30. The zero-order valence-corrected chi connectivity index (χ0v) is 15.0. The van der Waals surface area contributed by atoms with Gasteiger partial charge in [0.25, 0.3) is 0 Å². The fourth-order valence-electron chi connectivity index (χ4n) is 3.27. The lowest BCUT2D eigenvalue weighted by Crippen LogP contribution is -2.39. The van der Waals surface area contributed by atoms with Crippen molar-refractivity contribution in [2.45, 2.75) is 44.8 Å². The molecule has 6 heteroatoms. The summed E-state index contributed by atoms with van der Waals surface area (Å²) in [5, 5.41) is 18.5. The molecule has 1 fully saturated rings. The fraction of sp³-hybridized carbons (Fsp3) is 0.368. The van der Waals surface area contributed by atoms with Crippen molar-refractivity contribution >= 4 is 23.1 Å². The molecule has 0 spiro atoms. The van der Waals surface area contributed by atoms with Gasteiger partial charge in [-0.25, -0.2) is 4.98 Å². The van der Waals surface area contributed by atoms with Crippen LogP contribution in [0.2, 0.25) is 5.02 Å². The van der Waals surface area contributed by atoms with Crippen molar-refractivity contribution < 1.29 is 5.11 Å². The molecule has 0 saturated heterocycles. The van der Waals surface area contributed by atoms with Crippen LogP contribution in [0.5, 0.6) is 0 Å². The summed E-state index contributed by atoms with van der Waals surface area (Å²) >= 11 is 5.99. The average Bonchev–Trinajstić information content (AvgIpc) is 2.97. The molecule has 1 atom stereocenters. The van der Waals surface area contributed by atoms with Crippen LogP contribution in [0.25, 0.3) is 5.65 Å². The topological polar surface area (TPSA) is 62.5 Å². The maximum absolute atomic E-state index is 9.50. The maximum Gasteiger partial charge on any atom is 0.157 e. The van der Waals surface area contributed by atoms with Crippen LogP contribution in [0.4, 0.5) is 5.82 Å². The number of aliphatic hydroxyl groups excluding tert-OH is 1. The Hall–Kier alpha value is -2.11. The van der Waals surface area contributed by atoms with Crippen LogP contribution in [-0.2, 0) is 0 Å². The number of halogens is 1. The quantitative estimate of drug-likeness (QED) is 0.746. The van der Waals surface area contributed by atoms with Crippen LogP contribution in [0.15, 0.2) is 36.4 Å². The fourth-order valence-corrected chi connectivity index (χ4v) is 3.40. The Balaban J connectivity index is 1.68. The summed E-state index contributed by atoms with van der Waals surface area (Å²) in [7, 11) is 0. The predicted molar refractivity (Wildman–Crippen MR) is 99.3 cm³/mol. The highest BCUT2D eigenvalue weighted by atomic mass is 35.5. The van der Waals surface area contributed by atoms with Gasteiger partial charge in [-0.05, 0) is 37.5 Å². The minimum atomic E-state index is -0.186. The number of anilines is 1. The van der Waals surface area contributed by atoms with Gasteiger partial charge in [0.05, 0.1) is 11.8 Å². The molecule has 3 aromatic rings. The summed E-state index contributed by atoms with van der Waals surface area (Å²) in [6.45, 7) is 4.11. The van der Waals surface area contributed by atoms with E-state index in [1.165, 1.54) is 5.56 Å². The number of nitrogens with zero attached hydrogens (tertiary/aromatic N) is 3. The van der Waals surface area contributed by atoms with E-state index in [0.717, 1.165) is 40.7 Å². The Labute approximate surface area is 151 Å². The highest BCUT2D eigenvalue weighted by molar-refractivity contribution is 6.30. The Morgan fingerprint density at radius 1 is 1.24 bits per heavy atom. The number of benzene rings is 1. The van der Waals surface area contributed by atoms with E-state index in [2.05, 4.69) is 17.2 Å². The van der Waals surface area contributed by atoms with E-state index in [1.807, 2.05) is 47.8 Å². The van der Waals surface area contributed by atoms with Crippen LogP contribution in [0.3, 0.4) is 0 Å². The highest BCUT2D eigenvalue weighted by Crippen LogP contribution is 2.28. The van der Waals surface area contributed by atoms with Crippen molar-refractivity contribution in [1.82, 2.24) is 14.6 Å². The van der Waals surface area contributed by atoms with Gasteiger partial charge in [0.1, 0.15) is 5.82 Å². The van der Waals surface area contributed by atoms with Crippen LogP contribution >= 0.6 is 11.6 Å². The summed E-state index contributed by atoms with van der Waals surface area (Å²) in [5.41, 5.74) is 3.91. The molecule has 5 nitrogen and oxygen atoms in total. The molecular formula is C19H21ClN4O. The summed E-state index contributed by atoms with van der Waals surface area (Å²) in [6, 6.07) is 12.2. The normalized spacial score (nSPS) is 21.1. The van der Waals surface area contributed by atoms with E-state index in [4.69, 9.17) is 16.7 Å². The van der Waals surface area contributed by atoms with Crippen LogP contribution < -0.4 is 5.32 Å². The van der Waals surface area contributed by atoms with Crippen molar-refractivity contribution in [2.24, 2.45) is 0 Å². The van der Waals surface area contributed by atoms with Crippen molar-refractivity contribution in [1.29, 1.82) is 0 Å². The first-order chi connectivity index (χ1) is 12.0. The first-order valence-corrected chi connectivity index (χ1v) is 8.95. The third kappa shape index (κ3) is 3.22. The van der Waals surface area contributed by atoms with E-state index in [-0.39, 0.29) is 12.0 Å². The van der Waals surface area contributed by atoms with Crippen molar-refractivity contribution in [3.63, 3.8) is 0 Å². The van der Waals surface area contributed by atoms with E-state index in [1.54, 1.807) is 0 Å². The SMILES string of the molecule is Cc1cc(N[C@H]2C[C@@H](O)C2)n2nc(C(C)c3ccc(Cl)cc3)cc2n1. The Morgan fingerprint density at radius 3 is 2.64 bits per heavy atom. The molecule has 130 valence electrons. The number of nitrogens with one attached hydrogen (secondary N) is 1. The number of aryl methyl sites for hydroxylation is 1. The molecular weight excluding hydrogens is 336 g/mol. The average molecular weight is 357 g/mol. The lowest BCUT2D eigenvalue weighted by atomic mass is 9.89. The van der Waals surface area contributed by atoms with Gasteiger partial charge in [0.2, 0.25) is 0 Å². The van der Waals surface area contributed by atoms with Gasteiger partial charge in [0, 0.05) is 34.8 Å². The number of rotatable bonds is 4. The molecule has 2 aromatic heterocycles. The number of aliphatic hydroxyl groups is 1. The first-order valence-electron chi connectivity index (χ1n) is 8.57. The molecule has 2 heterocycles. The Bertz CT molecular complexity index is 900. The van der Waals surface area contributed by atoms with E-state index in [9.17, 15) is 5.11 Å². The molecule has 1 saturated carbocycles. The first kappa shape index (κ1) is 16.4. The zero-order chi connectivity index (χ0) is 17.6. The monoisotopic (exact) mass is 356 g/mol. The van der Waals surface area contributed by atoms with Gasteiger partial charge >= 0.3 is 0 Å². The van der Waals surface area contributed by atoms with Crippen LogP contribution in [0, 0.1) is 6.92 Å². The van der Waals surface area contributed by atoms with Crippen molar-refractivity contribution in [2.75, 3.05) is 5.32 Å². The third-order valence-electron chi connectivity index (χ3n) is 4.85. The number of hydrogen-bond donors (Lipinski definition) is 2. The standard InChI is InChI=1S/C19H21ClN4O/c1-11-7-18(22-15-8-16(25)9-15)24-19(21-11)10-17(23-24)12(2)13-3-5-14(20)6-4-13/h3-7,10,12,15-16,22,25H,8-9H2,1-2H3/t12?,15-,16+. The van der Waals surface area contributed by atoms with Gasteiger partial charge in [-0.15, -0.1) is 0 Å². The lowest BCUT2D eigenvalue weighted by molar-refractivity contribution is 0.0834. The molecule has 1 unspecified atom stereocenters. The molecule has 0 aliphatic heterocycles. The predicted octanol–water partition coefficient (Wildman–Crippen LogP) is 3.78.